The van der Waals surface area contributed by atoms with E-state index in [1.165, 1.54) is 7.11 Å². The molecule has 1 aliphatic heterocycles. The topological polar surface area (TPSA) is 84.9 Å². The molecule has 1 fully saturated rings. The molecule has 0 aliphatic carbocycles. The summed E-state index contributed by atoms with van der Waals surface area (Å²) >= 11 is 0.795. The molecule has 0 aromatic heterocycles. The van der Waals surface area contributed by atoms with Gasteiger partial charge in [-0.05, 0) is 48.2 Å². The van der Waals surface area contributed by atoms with E-state index < -0.39 is 17.1 Å². The van der Waals surface area contributed by atoms with Crippen LogP contribution in [0.3, 0.4) is 0 Å². The van der Waals surface area contributed by atoms with Crippen molar-refractivity contribution in [1.29, 1.82) is 0 Å². The molecule has 1 saturated heterocycles. The number of methoxy groups -OCH3 is 2. The van der Waals surface area contributed by atoms with E-state index in [1.807, 2.05) is 6.07 Å². The van der Waals surface area contributed by atoms with Crippen LogP contribution in [0.4, 0.5) is 10.5 Å². The smallest absolute Gasteiger partial charge is 0.294 e. The molecule has 1 N–H and O–H groups in total. The van der Waals surface area contributed by atoms with Crippen LogP contribution in [-0.4, -0.2) is 42.7 Å². The highest BCUT2D eigenvalue weighted by atomic mass is 32.2. The number of anilines is 1. The Morgan fingerprint density at radius 3 is 2.46 bits per heavy atom. The van der Waals surface area contributed by atoms with Crippen molar-refractivity contribution >= 4 is 40.6 Å². The van der Waals surface area contributed by atoms with Crippen LogP contribution in [0.5, 0.6) is 11.5 Å². The Hall–Kier alpha value is -3.26. The molecule has 0 bridgehead atoms. The first kappa shape index (κ1) is 19.5. The lowest BCUT2D eigenvalue weighted by Gasteiger charge is -2.12. The number of carbonyl (C=O) groups excluding carboxylic acids is 3. The van der Waals surface area contributed by atoms with E-state index in [-0.39, 0.29) is 11.4 Å². The first-order valence-electron chi connectivity index (χ1n) is 8.34. The van der Waals surface area contributed by atoms with Gasteiger partial charge < -0.3 is 14.8 Å². The molecule has 28 heavy (non-hydrogen) atoms. The molecule has 0 unspecified atom stereocenters. The van der Waals surface area contributed by atoms with E-state index in [0.29, 0.717) is 22.7 Å². The second kappa shape index (κ2) is 8.62. The number of rotatable bonds is 6. The van der Waals surface area contributed by atoms with Crippen LogP contribution in [0.1, 0.15) is 5.56 Å². The summed E-state index contributed by atoms with van der Waals surface area (Å²) in [6.45, 7) is -0.361. The SMILES string of the molecule is COc1ccc(NC(=O)CN2C(=O)S/C(=C/c3ccccc3OC)C2=O)cc1. The molecule has 3 amide bonds. The van der Waals surface area contributed by atoms with Crippen molar-refractivity contribution in [3.8, 4) is 11.5 Å². The highest BCUT2D eigenvalue weighted by Crippen LogP contribution is 2.33. The molecule has 7 nitrogen and oxygen atoms in total. The largest absolute Gasteiger partial charge is 0.497 e. The van der Waals surface area contributed by atoms with Crippen LogP contribution in [0.2, 0.25) is 0 Å². The quantitative estimate of drug-likeness (QED) is 0.751. The van der Waals surface area contributed by atoms with Crippen LogP contribution in [-0.2, 0) is 9.59 Å². The van der Waals surface area contributed by atoms with Crippen LogP contribution in [0.15, 0.2) is 53.4 Å². The van der Waals surface area contributed by atoms with Crippen LogP contribution in [0.25, 0.3) is 6.08 Å². The monoisotopic (exact) mass is 398 g/mol. The maximum absolute atomic E-state index is 12.6. The fraction of sp³-hybridized carbons (Fsp3) is 0.150. The van der Waals surface area contributed by atoms with Crippen molar-refractivity contribution < 1.29 is 23.9 Å². The first-order chi connectivity index (χ1) is 13.5. The zero-order valence-electron chi connectivity index (χ0n) is 15.3. The zero-order valence-corrected chi connectivity index (χ0v) is 16.1. The van der Waals surface area contributed by atoms with Gasteiger partial charge in [-0.2, -0.15) is 0 Å². The van der Waals surface area contributed by atoms with E-state index in [0.717, 1.165) is 16.7 Å². The van der Waals surface area contributed by atoms with Gasteiger partial charge in [0.2, 0.25) is 5.91 Å². The van der Waals surface area contributed by atoms with E-state index in [4.69, 9.17) is 9.47 Å². The van der Waals surface area contributed by atoms with Crippen molar-refractivity contribution in [2.75, 3.05) is 26.1 Å². The third kappa shape index (κ3) is 4.34. The van der Waals surface area contributed by atoms with Gasteiger partial charge in [-0.3, -0.25) is 19.3 Å². The number of nitrogens with zero attached hydrogens (tertiary/aromatic N) is 1. The Morgan fingerprint density at radius 1 is 1.07 bits per heavy atom. The highest BCUT2D eigenvalue weighted by Gasteiger charge is 2.36. The Balaban J connectivity index is 1.69. The number of carbonyl (C=O) groups is 3. The number of imide groups is 1. The molecule has 2 aromatic carbocycles. The zero-order chi connectivity index (χ0) is 20.1. The van der Waals surface area contributed by atoms with Crippen LogP contribution in [0, 0.1) is 0 Å². The average Bonchev–Trinajstić information content (AvgIpc) is 2.96. The van der Waals surface area contributed by atoms with E-state index in [1.54, 1.807) is 55.7 Å². The Kier molecular flexibility index (Phi) is 6.00. The third-order valence-corrected chi connectivity index (χ3v) is 4.88. The van der Waals surface area contributed by atoms with Gasteiger partial charge in [-0.15, -0.1) is 0 Å². The van der Waals surface area contributed by atoms with Crippen molar-refractivity contribution in [2.24, 2.45) is 0 Å². The van der Waals surface area contributed by atoms with Gasteiger partial charge in [0.1, 0.15) is 18.0 Å². The van der Waals surface area contributed by atoms with Crippen molar-refractivity contribution in [3.05, 3.63) is 59.0 Å². The normalized spacial score (nSPS) is 15.1. The first-order valence-corrected chi connectivity index (χ1v) is 9.15. The summed E-state index contributed by atoms with van der Waals surface area (Å²) in [5, 5.41) is 2.16. The van der Waals surface area contributed by atoms with Gasteiger partial charge in [-0.1, -0.05) is 18.2 Å². The number of para-hydroxylation sites is 1. The van der Waals surface area contributed by atoms with Crippen molar-refractivity contribution in [2.45, 2.75) is 0 Å². The summed E-state index contributed by atoms with van der Waals surface area (Å²) in [5.41, 5.74) is 1.22. The minimum Gasteiger partial charge on any atom is -0.497 e. The molecule has 0 saturated carbocycles. The number of nitrogens with one attached hydrogen (secondary N) is 1. The second-order valence-corrected chi connectivity index (χ2v) is 6.78. The molecule has 3 rings (SSSR count). The maximum Gasteiger partial charge on any atom is 0.294 e. The summed E-state index contributed by atoms with van der Waals surface area (Å²) in [7, 11) is 3.08. The fourth-order valence-electron chi connectivity index (χ4n) is 2.58. The molecule has 0 spiro atoms. The van der Waals surface area contributed by atoms with Gasteiger partial charge in [0, 0.05) is 11.3 Å². The van der Waals surface area contributed by atoms with Crippen LogP contribution >= 0.6 is 11.8 Å². The molecular formula is C20H18N2O5S. The number of thioether (sulfide) groups is 1. The number of ether oxygens (including phenoxy) is 2. The molecule has 1 aliphatic rings. The lowest BCUT2D eigenvalue weighted by atomic mass is 10.2. The predicted molar refractivity (Wildman–Crippen MR) is 107 cm³/mol. The Labute approximate surface area is 166 Å². The third-order valence-electron chi connectivity index (χ3n) is 3.97. The summed E-state index contributed by atoms with van der Waals surface area (Å²) in [4.78, 5) is 38.2. The van der Waals surface area contributed by atoms with Crippen LogP contribution < -0.4 is 14.8 Å². The van der Waals surface area contributed by atoms with Gasteiger partial charge >= 0.3 is 0 Å². The molecule has 2 aromatic rings. The van der Waals surface area contributed by atoms with Gasteiger partial charge in [-0.25, -0.2) is 0 Å². The van der Waals surface area contributed by atoms with E-state index in [2.05, 4.69) is 5.32 Å². The Morgan fingerprint density at radius 2 is 1.79 bits per heavy atom. The fourth-order valence-corrected chi connectivity index (χ4v) is 3.41. The van der Waals surface area contributed by atoms with Gasteiger partial charge in [0.25, 0.3) is 11.1 Å². The molecule has 0 atom stereocenters. The summed E-state index contributed by atoms with van der Waals surface area (Å²) in [6.07, 6.45) is 1.59. The highest BCUT2D eigenvalue weighted by molar-refractivity contribution is 8.18. The minimum absolute atomic E-state index is 0.242. The lowest BCUT2D eigenvalue weighted by molar-refractivity contribution is -0.127. The Bertz CT molecular complexity index is 940. The average molecular weight is 398 g/mol. The van der Waals surface area contributed by atoms with Crippen molar-refractivity contribution in [3.63, 3.8) is 0 Å². The minimum atomic E-state index is -0.509. The van der Waals surface area contributed by atoms with Gasteiger partial charge in [0.05, 0.1) is 19.1 Å². The van der Waals surface area contributed by atoms with Crippen molar-refractivity contribution in [1.82, 2.24) is 4.90 Å². The maximum atomic E-state index is 12.6. The molecule has 0 radical (unpaired) electrons. The predicted octanol–water partition coefficient (Wildman–Crippen LogP) is 3.38. The standard InChI is InChI=1S/C20H18N2O5S/c1-26-15-9-7-14(8-10-15)21-18(23)12-22-19(24)17(28-20(22)25)11-13-5-3-4-6-16(13)27-2/h3-11H,12H2,1-2H3,(H,21,23)/b17-11+. The van der Waals surface area contributed by atoms with E-state index in [9.17, 15) is 14.4 Å². The summed E-state index contributed by atoms with van der Waals surface area (Å²) in [5.74, 6) is 0.272. The van der Waals surface area contributed by atoms with Gasteiger partial charge in [0.15, 0.2) is 0 Å². The number of benzene rings is 2. The molecule has 144 valence electrons. The summed E-state index contributed by atoms with van der Waals surface area (Å²) < 4.78 is 10.3. The molecule has 1 heterocycles. The number of hydrogen-bond donors (Lipinski definition) is 1. The lowest BCUT2D eigenvalue weighted by Crippen LogP contribution is -2.36. The molecular weight excluding hydrogens is 380 g/mol. The molecule has 8 heteroatoms. The van der Waals surface area contributed by atoms with E-state index >= 15 is 0 Å². The number of amides is 3. The summed E-state index contributed by atoms with van der Waals surface area (Å²) in [6, 6.07) is 13.9. The second-order valence-electron chi connectivity index (χ2n) is 5.79. The number of hydrogen-bond acceptors (Lipinski definition) is 6.